The summed E-state index contributed by atoms with van der Waals surface area (Å²) in [5.74, 6) is -0.915. The van der Waals surface area contributed by atoms with Crippen molar-refractivity contribution in [2.24, 2.45) is 0 Å². The van der Waals surface area contributed by atoms with Gasteiger partial charge >= 0.3 is 18.0 Å². The number of rotatable bonds is 5. The second-order valence-corrected chi connectivity index (χ2v) is 8.41. The molecule has 0 aliphatic carbocycles. The molecule has 1 heterocycles. The van der Waals surface area contributed by atoms with Gasteiger partial charge in [0.1, 0.15) is 23.3 Å². The zero-order chi connectivity index (χ0) is 20.1. The van der Waals surface area contributed by atoms with Gasteiger partial charge in [0.25, 0.3) is 0 Å². The lowest BCUT2D eigenvalue weighted by atomic mass is 10.1. The van der Waals surface area contributed by atoms with Crippen LogP contribution in [-0.2, 0) is 23.8 Å². The van der Waals surface area contributed by atoms with Crippen LogP contribution < -0.4 is 5.32 Å². The number of amides is 1. The van der Waals surface area contributed by atoms with Gasteiger partial charge in [0.2, 0.25) is 0 Å². The molecular formula is C18H32N2O6. The van der Waals surface area contributed by atoms with Crippen molar-refractivity contribution in [2.45, 2.75) is 77.7 Å². The maximum Gasteiger partial charge on any atom is 0.408 e. The lowest BCUT2D eigenvalue weighted by Gasteiger charge is -2.30. The molecule has 1 saturated heterocycles. The molecule has 1 fully saturated rings. The minimum absolute atomic E-state index is 0.149. The second-order valence-electron chi connectivity index (χ2n) is 8.41. The first-order valence-corrected chi connectivity index (χ1v) is 8.86. The highest BCUT2D eigenvalue weighted by atomic mass is 16.6. The first-order chi connectivity index (χ1) is 11.8. The Kier molecular flexibility index (Phi) is 7.44. The van der Waals surface area contributed by atoms with Gasteiger partial charge in [0.15, 0.2) is 0 Å². The van der Waals surface area contributed by atoms with E-state index < -0.39 is 35.3 Å². The molecule has 0 bridgehead atoms. The Labute approximate surface area is 155 Å². The fraction of sp³-hybridized carbons (Fsp3) is 0.833. The topological polar surface area (TPSA) is 94.2 Å². The van der Waals surface area contributed by atoms with E-state index in [2.05, 4.69) is 5.32 Å². The van der Waals surface area contributed by atoms with Gasteiger partial charge in [0.05, 0.1) is 7.11 Å². The predicted octanol–water partition coefficient (Wildman–Crippen LogP) is 1.86. The Balaban J connectivity index is 2.78. The van der Waals surface area contributed by atoms with E-state index in [4.69, 9.17) is 14.2 Å². The number of hydrogen-bond donors (Lipinski definition) is 1. The van der Waals surface area contributed by atoms with Crippen molar-refractivity contribution < 1.29 is 28.6 Å². The van der Waals surface area contributed by atoms with Gasteiger partial charge in [-0.25, -0.2) is 9.59 Å². The number of alkyl carbamates (subject to hydrolysis) is 1. The van der Waals surface area contributed by atoms with Gasteiger partial charge in [-0.3, -0.25) is 9.69 Å². The fourth-order valence-corrected chi connectivity index (χ4v) is 2.69. The fourth-order valence-electron chi connectivity index (χ4n) is 2.69. The second kappa shape index (κ2) is 8.70. The van der Waals surface area contributed by atoms with Gasteiger partial charge in [-0.05, 0) is 60.9 Å². The quantitative estimate of drug-likeness (QED) is 0.581. The summed E-state index contributed by atoms with van der Waals surface area (Å²) in [6.07, 6.45) is 0.750. The summed E-state index contributed by atoms with van der Waals surface area (Å²) in [6.45, 7) is 11.4. The maximum absolute atomic E-state index is 12.4. The molecule has 0 saturated carbocycles. The zero-order valence-electron chi connectivity index (χ0n) is 16.9. The van der Waals surface area contributed by atoms with E-state index in [1.165, 1.54) is 7.11 Å². The molecule has 0 aromatic heterocycles. The van der Waals surface area contributed by atoms with Crippen molar-refractivity contribution in [2.75, 3.05) is 20.2 Å². The highest BCUT2D eigenvalue weighted by Crippen LogP contribution is 2.21. The summed E-state index contributed by atoms with van der Waals surface area (Å²) in [6, 6.07) is -1.38. The molecule has 1 amide bonds. The largest absolute Gasteiger partial charge is 0.467 e. The van der Waals surface area contributed by atoms with Crippen LogP contribution in [0.4, 0.5) is 4.79 Å². The van der Waals surface area contributed by atoms with E-state index in [1.54, 1.807) is 20.8 Å². The van der Waals surface area contributed by atoms with Gasteiger partial charge in [-0.2, -0.15) is 0 Å². The Bertz CT molecular complexity index is 521. The molecule has 2 atom stereocenters. The lowest BCUT2D eigenvalue weighted by molar-refractivity contribution is -0.161. The standard InChI is InChI=1S/C18H32N2O6/c1-17(2,3)25-15(22)13-9-8-10-20(13)11-12(14(21)24-7)19-16(23)26-18(4,5)6/h12-13H,8-11H2,1-7H3,(H,19,23)/t12?,13-/m0/s1. The van der Waals surface area contributed by atoms with Crippen LogP contribution in [0.1, 0.15) is 54.4 Å². The predicted molar refractivity (Wildman–Crippen MR) is 95.6 cm³/mol. The summed E-state index contributed by atoms with van der Waals surface area (Å²) >= 11 is 0. The van der Waals surface area contributed by atoms with Crippen LogP contribution in [0.5, 0.6) is 0 Å². The number of hydrogen-bond acceptors (Lipinski definition) is 7. The summed E-state index contributed by atoms with van der Waals surface area (Å²) in [4.78, 5) is 38.3. The highest BCUT2D eigenvalue weighted by molar-refractivity contribution is 5.82. The van der Waals surface area contributed by atoms with Crippen LogP contribution in [0.25, 0.3) is 0 Å². The molecule has 0 radical (unpaired) electrons. The summed E-state index contributed by atoms with van der Waals surface area (Å²) in [5, 5.41) is 2.53. The average molecular weight is 372 g/mol. The number of ether oxygens (including phenoxy) is 3. The first-order valence-electron chi connectivity index (χ1n) is 8.86. The summed E-state index contributed by atoms with van der Waals surface area (Å²) in [5.41, 5.74) is -1.26. The Morgan fingerprint density at radius 1 is 1.08 bits per heavy atom. The summed E-state index contributed by atoms with van der Waals surface area (Å²) in [7, 11) is 1.25. The Morgan fingerprint density at radius 3 is 2.15 bits per heavy atom. The molecular weight excluding hydrogens is 340 g/mol. The molecule has 0 spiro atoms. The molecule has 1 unspecified atom stereocenters. The van der Waals surface area contributed by atoms with Crippen molar-refractivity contribution in [3.05, 3.63) is 0 Å². The van der Waals surface area contributed by atoms with Gasteiger partial charge in [-0.1, -0.05) is 0 Å². The number of carbonyl (C=O) groups excluding carboxylic acids is 3. The smallest absolute Gasteiger partial charge is 0.408 e. The number of methoxy groups -OCH3 is 1. The lowest BCUT2D eigenvalue weighted by Crippen LogP contribution is -2.52. The highest BCUT2D eigenvalue weighted by Gasteiger charge is 2.37. The molecule has 1 aliphatic rings. The van der Waals surface area contributed by atoms with Crippen LogP contribution >= 0.6 is 0 Å². The van der Waals surface area contributed by atoms with Crippen LogP contribution in [0.15, 0.2) is 0 Å². The van der Waals surface area contributed by atoms with E-state index >= 15 is 0 Å². The third kappa shape index (κ3) is 7.59. The number of likely N-dealkylation sites (tertiary alicyclic amines) is 1. The van der Waals surface area contributed by atoms with E-state index in [0.29, 0.717) is 13.0 Å². The monoisotopic (exact) mass is 372 g/mol. The van der Waals surface area contributed by atoms with Crippen molar-refractivity contribution in [1.82, 2.24) is 10.2 Å². The molecule has 150 valence electrons. The van der Waals surface area contributed by atoms with Crippen LogP contribution in [0, 0.1) is 0 Å². The van der Waals surface area contributed by atoms with E-state index in [9.17, 15) is 14.4 Å². The first kappa shape index (κ1) is 22.2. The van der Waals surface area contributed by atoms with E-state index in [0.717, 1.165) is 6.42 Å². The Morgan fingerprint density at radius 2 is 1.65 bits per heavy atom. The number of carbonyl (C=O) groups is 3. The van der Waals surface area contributed by atoms with Crippen LogP contribution in [0.3, 0.4) is 0 Å². The van der Waals surface area contributed by atoms with Crippen molar-refractivity contribution in [3.63, 3.8) is 0 Å². The third-order valence-electron chi connectivity index (χ3n) is 3.64. The SMILES string of the molecule is COC(=O)C(CN1CCC[C@H]1C(=O)OC(C)(C)C)NC(=O)OC(C)(C)C. The van der Waals surface area contributed by atoms with Crippen LogP contribution in [-0.4, -0.2) is 66.4 Å². The number of esters is 2. The number of nitrogens with one attached hydrogen (secondary N) is 1. The van der Waals surface area contributed by atoms with Gasteiger partial charge in [0, 0.05) is 6.54 Å². The third-order valence-corrected chi connectivity index (χ3v) is 3.64. The molecule has 1 aliphatic heterocycles. The molecule has 1 N–H and O–H groups in total. The van der Waals surface area contributed by atoms with Gasteiger partial charge in [-0.15, -0.1) is 0 Å². The zero-order valence-corrected chi connectivity index (χ0v) is 16.9. The minimum Gasteiger partial charge on any atom is -0.467 e. The average Bonchev–Trinajstić information content (AvgIpc) is 2.90. The molecule has 1 rings (SSSR count). The van der Waals surface area contributed by atoms with Gasteiger partial charge < -0.3 is 19.5 Å². The maximum atomic E-state index is 12.4. The minimum atomic E-state index is -0.933. The molecule has 0 aromatic carbocycles. The molecule has 8 nitrogen and oxygen atoms in total. The van der Waals surface area contributed by atoms with Crippen molar-refractivity contribution >= 4 is 18.0 Å². The van der Waals surface area contributed by atoms with Crippen molar-refractivity contribution in [1.29, 1.82) is 0 Å². The van der Waals surface area contributed by atoms with E-state index in [-0.39, 0.29) is 12.5 Å². The molecule has 8 heteroatoms. The summed E-state index contributed by atoms with van der Waals surface area (Å²) < 4.78 is 15.4. The molecule has 26 heavy (non-hydrogen) atoms. The number of nitrogens with zero attached hydrogens (tertiary/aromatic N) is 1. The molecule has 0 aromatic rings. The van der Waals surface area contributed by atoms with Crippen LogP contribution in [0.2, 0.25) is 0 Å². The van der Waals surface area contributed by atoms with E-state index in [1.807, 2.05) is 25.7 Å². The Hall–Kier alpha value is -1.83. The normalized spacial score (nSPS) is 19.6. The van der Waals surface area contributed by atoms with Crippen molar-refractivity contribution in [3.8, 4) is 0 Å².